The van der Waals surface area contributed by atoms with Gasteiger partial charge in [-0.15, -0.1) is 6.58 Å². The summed E-state index contributed by atoms with van der Waals surface area (Å²) >= 11 is 0. The van der Waals surface area contributed by atoms with Gasteiger partial charge in [-0.05, 0) is 33.1 Å². The number of allylic oxidation sites excluding steroid dienone is 5. The van der Waals surface area contributed by atoms with Gasteiger partial charge in [0.1, 0.15) is 0 Å². The smallest absolute Gasteiger partial charge is 0.0106 e. The molecule has 0 aromatic rings. The van der Waals surface area contributed by atoms with Crippen LogP contribution in [0.5, 0.6) is 0 Å². The lowest BCUT2D eigenvalue weighted by Crippen LogP contribution is -1.86. The molecule has 0 saturated carbocycles. The van der Waals surface area contributed by atoms with Gasteiger partial charge in [-0.1, -0.05) is 36.3 Å². The summed E-state index contributed by atoms with van der Waals surface area (Å²) in [7, 11) is 0. The minimum absolute atomic E-state index is 1.02. The van der Waals surface area contributed by atoms with Crippen molar-refractivity contribution in [2.24, 2.45) is 0 Å². The van der Waals surface area contributed by atoms with Crippen LogP contribution in [0.1, 0.15) is 40.0 Å². The minimum Gasteiger partial charge on any atom is -0.103 e. The van der Waals surface area contributed by atoms with Crippen LogP contribution < -0.4 is 0 Å². The van der Waals surface area contributed by atoms with Crippen molar-refractivity contribution in [3.8, 4) is 0 Å². The highest BCUT2D eigenvalue weighted by Gasteiger charge is 1.96. The predicted octanol–water partition coefficient (Wildman–Crippen LogP) is 4.26. The molecule has 0 amide bonds. The first kappa shape index (κ1) is 11.2. The van der Waals surface area contributed by atoms with Gasteiger partial charge < -0.3 is 0 Å². The molecule has 0 spiro atoms. The molecule has 12 heavy (non-hydrogen) atoms. The van der Waals surface area contributed by atoms with Crippen molar-refractivity contribution < 1.29 is 0 Å². The Morgan fingerprint density at radius 2 is 1.75 bits per heavy atom. The summed E-state index contributed by atoms with van der Waals surface area (Å²) in [5.74, 6) is 0. The predicted molar refractivity (Wildman–Crippen MR) is 57.2 cm³/mol. The first-order chi connectivity index (χ1) is 5.78. The average Bonchev–Trinajstić information content (AvgIpc) is 2.12. The van der Waals surface area contributed by atoms with Crippen LogP contribution in [-0.4, -0.2) is 0 Å². The highest BCUT2D eigenvalue weighted by Crippen LogP contribution is 2.16. The van der Waals surface area contributed by atoms with Crippen molar-refractivity contribution in [2.45, 2.75) is 40.0 Å². The van der Waals surface area contributed by atoms with Gasteiger partial charge >= 0.3 is 0 Å². The van der Waals surface area contributed by atoms with Crippen molar-refractivity contribution >= 4 is 0 Å². The molecule has 0 aromatic carbocycles. The molecular weight excluding hydrogens is 144 g/mol. The zero-order valence-electron chi connectivity index (χ0n) is 8.56. The summed E-state index contributed by atoms with van der Waals surface area (Å²) in [6.45, 7) is 10.2. The van der Waals surface area contributed by atoms with Crippen molar-refractivity contribution in [1.82, 2.24) is 0 Å². The Kier molecular flexibility index (Phi) is 6.45. The van der Waals surface area contributed by atoms with Gasteiger partial charge in [0.25, 0.3) is 0 Å². The normalized spacial score (nSPS) is 13.2. The fourth-order valence-electron chi connectivity index (χ4n) is 1.20. The largest absolute Gasteiger partial charge is 0.103 e. The van der Waals surface area contributed by atoms with Crippen LogP contribution in [-0.2, 0) is 0 Å². The summed E-state index contributed by atoms with van der Waals surface area (Å²) in [5, 5.41) is 0. The second kappa shape index (κ2) is 6.90. The maximum Gasteiger partial charge on any atom is -0.0106 e. The van der Waals surface area contributed by atoms with Crippen LogP contribution in [0.15, 0.2) is 36.0 Å². The Labute approximate surface area is 76.7 Å². The maximum absolute atomic E-state index is 3.75. The Balaban J connectivity index is 4.10. The fraction of sp³-hybridized carbons (Fsp3) is 0.500. The fourth-order valence-corrected chi connectivity index (χ4v) is 1.20. The molecule has 0 saturated heterocycles. The Morgan fingerprint density at radius 1 is 1.17 bits per heavy atom. The molecule has 0 aromatic heterocycles. The monoisotopic (exact) mass is 164 g/mol. The van der Waals surface area contributed by atoms with Gasteiger partial charge in [0, 0.05) is 0 Å². The third-order valence-corrected chi connectivity index (χ3v) is 2.13. The van der Waals surface area contributed by atoms with E-state index >= 15 is 0 Å². The Morgan fingerprint density at radius 3 is 2.08 bits per heavy atom. The molecule has 0 aliphatic heterocycles. The summed E-state index contributed by atoms with van der Waals surface area (Å²) in [6.07, 6.45) is 9.68. The van der Waals surface area contributed by atoms with E-state index in [4.69, 9.17) is 0 Å². The van der Waals surface area contributed by atoms with Crippen molar-refractivity contribution in [3.63, 3.8) is 0 Å². The second-order valence-corrected chi connectivity index (χ2v) is 2.92. The molecule has 0 atom stereocenters. The highest BCUT2D eigenvalue weighted by molar-refractivity contribution is 5.16. The molecular formula is C12H20. The van der Waals surface area contributed by atoms with Crippen molar-refractivity contribution in [3.05, 3.63) is 36.0 Å². The standard InChI is InChI=1S/C12H20/c1-5-9-12(8-4)10-11(6-2)7-3/h5-6,8H,1,7,9-10H2,2-4H3/b11-6+,12-8+. The summed E-state index contributed by atoms with van der Waals surface area (Å²) in [4.78, 5) is 0. The lowest BCUT2D eigenvalue weighted by Gasteiger charge is -2.06. The zero-order chi connectivity index (χ0) is 9.40. The van der Waals surface area contributed by atoms with Crippen LogP contribution in [0.25, 0.3) is 0 Å². The van der Waals surface area contributed by atoms with E-state index < -0.39 is 0 Å². The van der Waals surface area contributed by atoms with Gasteiger partial charge in [0.05, 0.1) is 0 Å². The quantitative estimate of drug-likeness (QED) is 0.533. The van der Waals surface area contributed by atoms with E-state index in [0.29, 0.717) is 0 Å². The topological polar surface area (TPSA) is 0 Å². The molecule has 0 unspecified atom stereocenters. The second-order valence-electron chi connectivity index (χ2n) is 2.92. The van der Waals surface area contributed by atoms with Crippen LogP contribution in [0.3, 0.4) is 0 Å². The van der Waals surface area contributed by atoms with E-state index in [2.05, 4.69) is 39.5 Å². The number of hydrogen-bond acceptors (Lipinski definition) is 0. The summed E-state index contributed by atoms with van der Waals surface area (Å²) < 4.78 is 0. The Hall–Kier alpha value is -0.780. The first-order valence-electron chi connectivity index (χ1n) is 4.67. The molecule has 0 heterocycles. The van der Waals surface area contributed by atoms with E-state index in [0.717, 1.165) is 19.3 Å². The van der Waals surface area contributed by atoms with Crippen LogP contribution in [0.4, 0.5) is 0 Å². The Bertz CT molecular complexity index is 182. The van der Waals surface area contributed by atoms with Crippen LogP contribution in [0, 0.1) is 0 Å². The summed E-state index contributed by atoms with van der Waals surface area (Å²) in [6, 6.07) is 0. The van der Waals surface area contributed by atoms with E-state index in [1.165, 1.54) is 11.1 Å². The van der Waals surface area contributed by atoms with Gasteiger partial charge in [-0.3, -0.25) is 0 Å². The molecule has 68 valence electrons. The number of hydrogen-bond donors (Lipinski definition) is 0. The molecule has 0 rings (SSSR count). The first-order valence-corrected chi connectivity index (χ1v) is 4.67. The third kappa shape index (κ3) is 4.17. The molecule has 0 N–H and O–H groups in total. The lowest BCUT2D eigenvalue weighted by atomic mass is 10.0. The van der Waals surface area contributed by atoms with Gasteiger partial charge in [0.2, 0.25) is 0 Å². The average molecular weight is 164 g/mol. The van der Waals surface area contributed by atoms with Crippen molar-refractivity contribution in [1.29, 1.82) is 0 Å². The zero-order valence-corrected chi connectivity index (χ0v) is 8.56. The van der Waals surface area contributed by atoms with Crippen LogP contribution >= 0.6 is 0 Å². The van der Waals surface area contributed by atoms with Crippen molar-refractivity contribution in [2.75, 3.05) is 0 Å². The minimum atomic E-state index is 1.02. The molecule has 0 aliphatic carbocycles. The van der Waals surface area contributed by atoms with E-state index in [1.807, 2.05) is 6.08 Å². The third-order valence-electron chi connectivity index (χ3n) is 2.13. The van der Waals surface area contributed by atoms with E-state index in [9.17, 15) is 0 Å². The maximum atomic E-state index is 3.75. The lowest BCUT2D eigenvalue weighted by molar-refractivity contribution is 0.955. The van der Waals surface area contributed by atoms with E-state index in [1.54, 1.807) is 0 Å². The summed E-state index contributed by atoms with van der Waals surface area (Å²) in [5.41, 5.74) is 2.99. The molecule has 0 fully saturated rings. The SMILES string of the molecule is C=CC/C(=C\C)C/C(=C/C)CC. The highest BCUT2D eigenvalue weighted by atomic mass is 14.0. The van der Waals surface area contributed by atoms with Crippen LogP contribution in [0.2, 0.25) is 0 Å². The van der Waals surface area contributed by atoms with Gasteiger partial charge in [0.15, 0.2) is 0 Å². The molecule has 0 aliphatic rings. The molecule has 0 bridgehead atoms. The molecule has 0 radical (unpaired) electrons. The van der Waals surface area contributed by atoms with E-state index in [-0.39, 0.29) is 0 Å². The molecule has 0 heteroatoms. The molecule has 0 nitrogen and oxygen atoms in total. The number of rotatable bonds is 5. The van der Waals surface area contributed by atoms with Gasteiger partial charge in [-0.25, -0.2) is 0 Å². The van der Waals surface area contributed by atoms with Gasteiger partial charge in [-0.2, -0.15) is 0 Å².